The number of nitrogens with zero attached hydrogens (tertiary/aromatic N) is 2. The second kappa shape index (κ2) is 4.06. The molecule has 1 aliphatic heterocycles. The summed E-state index contributed by atoms with van der Waals surface area (Å²) in [6.45, 7) is 4.34. The molecule has 16 heavy (non-hydrogen) atoms. The summed E-state index contributed by atoms with van der Waals surface area (Å²) in [6.07, 6.45) is 3.93. The number of anilines is 1. The van der Waals surface area contributed by atoms with E-state index >= 15 is 0 Å². The van der Waals surface area contributed by atoms with Crippen molar-refractivity contribution in [3.8, 4) is 0 Å². The molecule has 1 saturated carbocycles. The van der Waals surface area contributed by atoms with Crippen molar-refractivity contribution < 1.29 is 0 Å². The molecule has 3 nitrogen and oxygen atoms in total. The summed E-state index contributed by atoms with van der Waals surface area (Å²) in [5, 5.41) is 3.45. The van der Waals surface area contributed by atoms with Crippen LogP contribution in [0.15, 0.2) is 18.2 Å². The summed E-state index contributed by atoms with van der Waals surface area (Å²) >= 11 is 0. The van der Waals surface area contributed by atoms with E-state index in [1.165, 1.54) is 25.1 Å². The Bertz CT molecular complexity index is 367. The van der Waals surface area contributed by atoms with E-state index in [0.717, 1.165) is 24.8 Å². The van der Waals surface area contributed by atoms with Gasteiger partial charge >= 0.3 is 0 Å². The van der Waals surface area contributed by atoms with Crippen molar-refractivity contribution in [2.75, 3.05) is 18.0 Å². The van der Waals surface area contributed by atoms with Crippen molar-refractivity contribution >= 4 is 5.82 Å². The SMILES string of the molecule is Cc1cccc(N(C2CC2)C2CCNC2)n1. The molecule has 3 heteroatoms. The largest absolute Gasteiger partial charge is 0.349 e. The van der Waals surface area contributed by atoms with Crippen molar-refractivity contribution in [1.29, 1.82) is 0 Å². The van der Waals surface area contributed by atoms with Gasteiger partial charge in [-0.3, -0.25) is 0 Å². The second-order valence-electron chi connectivity index (χ2n) is 4.92. The molecule has 1 aromatic rings. The molecule has 2 heterocycles. The van der Waals surface area contributed by atoms with Gasteiger partial charge in [0.2, 0.25) is 0 Å². The summed E-state index contributed by atoms with van der Waals surface area (Å²) in [5.41, 5.74) is 1.12. The van der Waals surface area contributed by atoms with Crippen LogP contribution >= 0.6 is 0 Å². The molecule has 1 aliphatic carbocycles. The van der Waals surface area contributed by atoms with Gasteiger partial charge in [0, 0.05) is 24.3 Å². The van der Waals surface area contributed by atoms with Crippen LogP contribution in [0.1, 0.15) is 25.0 Å². The van der Waals surface area contributed by atoms with Crippen LogP contribution < -0.4 is 10.2 Å². The maximum atomic E-state index is 4.68. The number of nitrogens with one attached hydrogen (secondary N) is 1. The molecule has 86 valence electrons. The normalized spacial score (nSPS) is 24.7. The fraction of sp³-hybridized carbons (Fsp3) is 0.615. The van der Waals surface area contributed by atoms with Crippen LogP contribution in [0.25, 0.3) is 0 Å². The van der Waals surface area contributed by atoms with Crippen molar-refractivity contribution in [1.82, 2.24) is 10.3 Å². The Balaban J connectivity index is 1.87. The summed E-state index contributed by atoms with van der Waals surface area (Å²) in [5.74, 6) is 1.18. The molecule has 1 atom stereocenters. The Labute approximate surface area is 96.9 Å². The van der Waals surface area contributed by atoms with Crippen LogP contribution in [0.4, 0.5) is 5.82 Å². The van der Waals surface area contributed by atoms with Crippen LogP contribution in [0.2, 0.25) is 0 Å². The van der Waals surface area contributed by atoms with Gasteiger partial charge in [-0.05, 0) is 44.9 Å². The molecule has 1 N–H and O–H groups in total. The van der Waals surface area contributed by atoms with Crippen molar-refractivity contribution in [3.05, 3.63) is 23.9 Å². The van der Waals surface area contributed by atoms with Gasteiger partial charge in [-0.1, -0.05) is 6.07 Å². The van der Waals surface area contributed by atoms with Gasteiger partial charge in [-0.15, -0.1) is 0 Å². The third-order valence-corrected chi connectivity index (χ3v) is 3.51. The van der Waals surface area contributed by atoms with Crippen LogP contribution in [-0.2, 0) is 0 Å². The van der Waals surface area contributed by atoms with Gasteiger partial charge in [-0.25, -0.2) is 4.98 Å². The lowest BCUT2D eigenvalue weighted by Gasteiger charge is -2.29. The average molecular weight is 217 g/mol. The van der Waals surface area contributed by atoms with Crippen LogP contribution in [0.3, 0.4) is 0 Å². The fourth-order valence-corrected chi connectivity index (χ4v) is 2.57. The predicted molar refractivity (Wildman–Crippen MR) is 65.7 cm³/mol. The molecule has 2 aliphatic rings. The highest BCUT2D eigenvalue weighted by atomic mass is 15.3. The van der Waals surface area contributed by atoms with Gasteiger partial charge in [0.1, 0.15) is 5.82 Å². The summed E-state index contributed by atoms with van der Waals surface area (Å²) < 4.78 is 0. The lowest BCUT2D eigenvalue weighted by molar-refractivity contribution is 0.620. The first-order valence-corrected chi connectivity index (χ1v) is 6.27. The lowest BCUT2D eigenvalue weighted by Crippen LogP contribution is -2.39. The summed E-state index contributed by atoms with van der Waals surface area (Å²) in [4.78, 5) is 7.23. The van der Waals surface area contributed by atoms with Crippen LogP contribution in [0, 0.1) is 6.92 Å². The number of pyridine rings is 1. The Hall–Kier alpha value is -1.09. The molecule has 0 radical (unpaired) electrons. The molecule has 1 unspecified atom stereocenters. The third-order valence-electron chi connectivity index (χ3n) is 3.51. The number of rotatable bonds is 3. The molecule has 0 aromatic carbocycles. The van der Waals surface area contributed by atoms with Gasteiger partial charge in [0.15, 0.2) is 0 Å². The molecule has 1 aromatic heterocycles. The molecule has 0 amide bonds. The average Bonchev–Trinajstić information content (AvgIpc) is 2.94. The predicted octanol–water partition coefficient (Wildman–Crippen LogP) is 1.72. The minimum atomic E-state index is 0.654. The first-order chi connectivity index (χ1) is 7.84. The third kappa shape index (κ3) is 1.92. The van der Waals surface area contributed by atoms with Gasteiger partial charge in [0.05, 0.1) is 0 Å². The van der Waals surface area contributed by atoms with E-state index in [1.54, 1.807) is 0 Å². The Morgan fingerprint density at radius 1 is 1.25 bits per heavy atom. The number of hydrogen-bond acceptors (Lipinski definition) is 3. The van der Waals surface area contributed by atoms with E-state index in [1.807, 2.05) is 0 Å². The topological polar surface area (TPSA) is 28.2 Å². The molecule has 0 bridgehead atoms. The highest BCUT2D eigenvalue weighted by Gasteiger charge is 2.35. The zero-order valence-electron chi connectivity index (χ0n) is 9.82. The van der Waals surface area contributed by atoms with Crippen LogP contribution in [0.5, 0.6) is 0 Å². The maximum absolute atomic E-state index is 4.68. The molecule has 2 fully saturated rings. The molecule has 1 saturated heterocycles. The number of aromatic nitrogens is 1. The van der Waals surface area contributed by atoms with E-state index < -0.39 is 0 Å². The monoisotopic (exact) mass is 217 g/mol. The zero-order chi connectivity index (χ0) is 11.0. The highest BCUT2D eigenvalue weighted by molar-refractivity contribution is 5.44. The molecule has 0 spiro atoms. The first kappa shape index (κ1) is 10.1. The van der Waals surface area contributed by atoms with Crippen molar-refractivity contribution in [3.63, 3.8) is 0 Å². The minimum absolute atomic E-state index is 0.654. The lowest BCUT2D eigenvalue weighted by atomic mass is 10.2. The Morgan fingerprint density at radius 3 is 2.75 bits per heavy atom. The summed E-state index contributed by atoms with van der Waals surface area (Å²) in [7, 11) is 0. The fourth-order valence-electron chi connectivity index (χ4n) is 2.57. The van der Waals surface area contributed by atoms with Gasteiger partial charge in [-0.2, -0.15) is 0 Å². The first-order valence-electron chi connectivity index (χ1n) is 6.27. The number of hydrogen-bond donors (Lipinski definition) is 1. The van der Waals surface area contributed by atoms with Gasteiger partial charge in [0.25, 0.3) is 0 Å². The van der Waals surface area contributed by atoms with E-state index in [2.05, 4.69) is 40.3 Å². The Morgan fingerprint density at radius 2 is 2.12 bits per heavy atom. The van der Waals surface area contributed by atoms with E-state index in [0.29, 0.717) is 6.04 Å². The molecular weight excluding hydrogens is 198 g/mol. The van der Waals surface area contributed by atoms with E-state index in [4.69, 9.17) is 0 Å². The molecule has 3 rings (SSSR count). The minimum Gasteiger partial charge on any atom is -0.349 e. The van der Waals surface area contributed by atoms with Crippen LogP contribution in [-0.4, -0.2) is 30.2 Å². The smallest absolute Gasteiger partial charge is 0.129 e. The second-order valence-corrected chi connectivity index (χ2v) is 4.92. The van der Waals surface area contributed by atoms with Crippen molar-refractivity contribution in [2.24, 2.45) is 0 Å². The van der Waals surface area contributed by atoms with E-state index in [9.17, 15) is 0 Å². The summed E-state index contributed by atoms with van der Waals surface area (Å²) in [6, 6.07) is 7.75. The Kier molecular flexibility index (Phi) is 2.56. The highest BCUT2D eigenvalue weighted by Crippen LogP contribution is 2.33. The standard InChI is InChI=1S/C13H19N3/c1-10-3-2-4-13(15-10)16(11-5-6-11)12-7-8-14-9-12/h2-4,11-12,14H,5-9H2,1H3. The quantitative estimate of drug-likeness (QED) is 0.835. The van der Waals surface area contributed by atoms with Gasteiger partial charge < -0.3 is 10.2 Å². The maximum Gasteiger partial charge on any atom is 0.129 e. The number of aryl methyl sites for hydroxylation is 1. The zero-order valence-corrected chi connectivity index (χ0v) is 9.82. The molecular formula is C13H19N3. The van der Waals surface area contributed by atoms with E-state index in [-0.39, 0.29) is 0 Å². The van der Waals surface area contributed by atoms with Crippen molar-refractivity contribution in [2.45, 2.75) is 38.3 Å².